The second kappa shape index (κ2) is 27.6. The van der Waals surface area contributed by atoms with E-state index in [0.717, 1.165) is 44.1 Å². The molecule has 1 saturated carbocycles. The number of hydrogen-bond donors (Lipinski definition) is 2. The largest absolute Gasteiger partial charge is 0.491 e. The van der Waals surface area contributed by atoms with Crippen LogP contribution in [0.3, 0.4) is 0 Å². The number of aromatic nitrogens is 1. The van der Waals surface area contributed by atoms with Crippen molar-refractivity contribution in [2.75, 3.05) is 92.8 Å². The number of nitrogens with zero attached hydrogens (tertiary/aromatic N) is 3. The molecule has 2 heterocycles. The summed E-state index contributed by atoms with van der Waals surface area (Å²) in [4.78, 5) is 62.6. The molecular formula is C46H65N5O11S. The molecular weight excluding hydrogens is 831 g/mol. The molecule has 3 atom stereocenters. The van der Waals surface area contributed by atoms with Crippen LogP contribution in [0.4, 0.5) is 4.79 Å². The van der Waals surface area contributed by atoms with Crippen LogP contribution < -0.4 is 15.8 Å². The Labute approximate surface area is 375 Å². The van der Waals surface area contributed by atoms with Crippen LogP contribution in [-0.4, -0.2) is 143 Å². The maximum absolute atomic E-state index is 14.5. The smallest absolute Gasteiger partial charge is 0.410 e. The summed E-state index contributed by atoms with van der Waals surface area (Å²) in [5.41, 5.74) is 6.94. The van der Waals surface area contributed by atoms with Crippen LogP contribution in [-0.2, 0) is 44.6 Å². The fraction of sp³-hybridized carbons (Fsp3) is 0.587. The van der Waals surface area contributed by atoms with E-state index in [1.54, 1.807) is 36.6 Å². The minimum Gasteiger partial charge on any atom is -0.491 e. The lowest BCUT2D eigenvalue weighted by Gasteiger charge is -2.35. The van der Waals surface area contributed by atoms with Crippen molar-refractivity contribution < 1.29 is 52.3 Å². The number of benzene rings is 2. The SMILES string of the molecule is CC(C(=O)NC(C(=O)N1CCC[C@H]1c1nc(C(=O)c2cccc(OCCOCCOCCOCCOCCOCCN)c2)cs1)C1CCCCC1)N(C)C(=O)OCc1ccccc1. The Kier molecular flexibility index (Phi) is 21.7. The highest BCUT2D eigenvalue weighted by Gasteiger charge is 2.41. The number of nitrogens with one attached hydrogen (secondary N) is 1. The van der Waals surface area contributed by atoms with Gasteiger partial charge in [-0.05, 0) is 56.2 Å². The van der Waals surface area contributed by atoms with Crippen molar-refractivity contribution in [3.05, 3.63) is 81.8 Å². The summed E-state index contributed by atoms with van der Waals surface area (Å²) in [6.07, 6.45) is 5.52. The van der Waals surface area contributed by atoms with Gasteiger partial charge in [0.1, 0.15) is 41.7 Å². The van der Waals surface area contributed by atoms with E-state index < -0.39 is 24.1 Å². The molecule has 2 aliphatic rings. The maximum atomic E-state index is 14.5. The predicted molar refractivity (Wildman–Crippen MR) is 237 cm³/mol. The molecule has 3 N–H and O–H groups in total. The molecule has 16 nitrogen and oxygen atoms in total. The van der Waals surface area contributed by atoms with Gasteiger partial charge < -0.3 is 49.1 Å². The van der Waals surface area contributed by atoms with E-state index in [1.807, 2.05) is 35.2 Å². The highest BCUT2D eigenvalue weighted by Crippen LogP contribution is 2.37. The van der Waals surface area contributed by atoms with E-state index in [9.17, 15) is 19.2 Å². The van der Waals surface area contributed by atoms with E-state index in [1.165, 1.54) is 23.3 Å². The maximum Gasteiger partial charge on any atom is 0.410 e. The number of amides is 3. The van der Waals surface area contributed by atoms with E-state index in [-0.39, 0.29) is 30.3 Å². The van der Waals surface area contributed by atoms with Crippen molar-refractivity contribution in [1.29, 1.82) is 0 Å². The van der Waals surface area contributed by atoms with Crippen molar-refractivity contribution in [1.82, 2.24) is 20.1 Å². The lowest BCUT2D eigenvalue weighted by molar-refractivity contribution is -0.140. The molecule has 2 unspecified atom stereocenters. The van der Waals surface area contributed by atoms with Crippen LogP contribution in [0.15, 0.2) is 60.0 Å². The van der Waals surface area contributed by atoms with E-state index in [2.05, 4.69) is 5.32 Å². The van der Waals surface area contributed by atoms with Crippen molar-refractivity contribution in [3.63, 3.8) is 0 Å². The molecule has 2 aromatic carbocycles. The summed E-state index contributed by atoms with van der Waals surface area (Å²) >= 11 is 1.36. The fourth-order valence-corrected chi connectivity index (χ4v) is 8.39. The lowest BCUT2D eigenvalue weighted by atomic mass is 9.83. The standard InChI is InChI=1S/C46H65N5O11S/c1-34(50(2)46(55)62-32-35-11-5-3-6-12-35)43(53)49-41(36-13-7-4-8-14-36)45(54)51-19-10-17-40(51)44-48-39(33-63-44)42(52)37-15-9-16-38(31-37)61-30-29-60-28-27-59-26-25-58-24-23-57-22-21-56-20-18-47/h3,5-6,9,11-12,15-16,31,33-34,36,40-41H,4,7-8,10,13-14,17-30,32,47H2,1-2H3,(H,49,53)/t34?,40-,41?/m0/s1. The first-order chi connectivity index (χ1) is 30.8. The van der Waals surface area contributed by atoms with Crippen LogP contribution in [0.2, 0.25) is 0 Å². The topological polar surface area (TPSA) is 190 Å². The zero-order valence-corrected chi connectivity index (χ0v) is 37.6. The summed E-state index contributed by atoms with van der Waals surface area (Å²) < 4.78 is 38.6. The number of carbonyl (C=O) groups is 4. The van der Waals surface area contributed by atoms with Crippen LogP contribution in [0, 0.1) is 5.92 Å². The van der Waals surface area contributed by atoms with Crippen molar-refractivity contribution in [2.45, 2.75) is 76.6 Å². The van der Waals surface area contributed by atoms with Crippen LogP contribution in [0.1, 0.15) is 84.5 Å². The molecule has 2 fully saturated rings. The summed E-state index contributed by atoms with van der Waals surface area (Å²) in [5, 5.41) is 5.47. The van der Waals surface area contributed by atoms with Crippen molar-refractivity contribution in [3.8, 4) is 5.75 Å². The summed E-state index contributed by atoms with van der Waals surface area (Å²) in [7, 11) is 1.52. The molecule has 1 saturated heterocycles. The van der Waals surface area contributed by atoms with Gasteiger partial charge >= 0.3 is 6.09 Å². The Morgan fingerprint density at radius 2 is 1.44 bits per heavy atom. The van der Waals surface area contributed by atoms with Gasteiger partial charge in [0.15, 0.2) is 0 Å². The molecule has 3 aromatic rings. The third-order valence-corrected chi connectivity index (χ3v) is 12.0. The van der Waals surface area contributed by atoms with Gasteiger partial charge in [0, 0.05) is 31.1 Å². The molecule has 346 valence electrons. The molecule has 0 spiro atoms. The number of carbonyl (C=O) groups excluding carboxylic acids is 4. The van der Waals surface area contributed by atoms with E-state index in [4.69, 9.17) is 43.9 Å². The van der Waals surface area contributed by atoms with Crippen molar-refractivity contribution in [2.24, 2.45) is 11.7 Å². The number of nitrogens with two attached hydrogens (primary N) is 1. The van der Waals surface area contributed by atoms with Gasteiger partial charge in [0.25, 0.3) is 0 Å². The van der Waals surface area contributed by atoms with Crippen LogP contribution in [0.25, 0.3) is 0 Å². The minimum absolute atomic E-state index is 0.0337. The highest BCUT2D eigenvalue weighted by atomic mass is 32.1. The molecule has 3 amide bonds. The zero-order chi connectivity index (χ0) is 44.7. The number of thiazole rings is 1. The molecule has 0 radical (unpaired) electrons. The summed E-state index contributed by atoms with van der Waals surface area (Å²) in [5.74, 6) is -0.323. The zero-order valence-electron chi connectivity index (χ0n) is 36.8. The third kappa shape index (κ3) is 16.2. The Balaban J connectivity index is 1.06. The van der Waals surface area contributed by atoms with Gasteiger partial charge in [0.2, 0.25) is 17.6 Å². The molecule has 0 bridgehead atoms. The summed E-state index contributed by atoms with van der Waals surface area (Å²) in [6, 6.07) is 14.3. The Bertz CT molecular complexity index is 1830. The fourth-order valence-electron chi connectivity index (χ4n) is 7.45. The van der Waals surface area contributed by atoms with E-state index >= 15 is 0 Å². The number of likely N-dealkylation sites (tertiary alicyclic amines) is 1. The minimum atomic E-state index is -0.871. The molecule has 63 heavy (non-hydrogen) atoms. The molecule has 1 aliphatic carbocycles. The third-order valence-electron chi connectivity index (χ3n) is 11.1. The summed E-state index contributed by atoms with van der Waals surface area (Å²) in [6.45, 7) is 7.66. The number of ether oxygens (including phenoxy) is 7. The Hall–Kier alpha value is -4.49. The van der Waals surface area contributed by atoms with E-state index in [0.29, 0.717) is 114 Å². The lowest BCUT2D eigenvalue weighted by Crippen LogP contribution is -2.56. The average Bonchev–Trinajstić information content (AvgIpc) is 4.02. The molecule has 1 aromatic heterocycles. The molecule has 5 rings (SSSR count). The van der Waals surface area contributed by atoms with Gasteiger partial charge in [-0.15, -0.1) is 11.3 Å². The van der Waals surface area contributed by atoms with Crippen LogP contribution >= 0.6 is 11.3 Å². The Morgan fingerprint density at radius 3 is 2.10 bits per heavy atom. The number of ketones is 1. The van der Waals surface area contributed by atoms with Gasteiger partial charge in [-0.1, -0.05) is 61.7 Å². The van der Waals surface area contributed by atoms with Gasteiger partial charge in [-0.2, -0.15) is 0 Å². The number of rotatable bonds is 28. The van der Waals surface area contributed by atoms with Crippen molar-refractivity contribution >= 4 is 35.0 Å². The first-order valence-corrected chi connectivity index (χ1v) is 23.0. The number of likely N-dealkylation sites (N-methyl/N-ethyl adjacent to an activating group) is 1. The second-order valence-electron chi connectivity index (χ2n) is 15.5. The molecule has 1 aliphatic heterocycles. The first kappa shape index (κ1) is 49.5. The van der Waals surface area contributed by atoms with Gasteiger partial charge in [-0.3, -0.25) is 19.3 Å². The quantitative estimate of drug-likeness (QED) is 0.0717. The average molecular weight is 896 g/mol. The highest BCUT2D eigenvalue weighted by molar-refractivity contribution is 7.10. The monoisotopic (exact) mass is 895 g/mol. The Morgan fingerprint density at radius 1 is 0.810 bits per heavy atom. The van der Waals surface area contributed by atoms with Crippen LogP contribution in [0.5, 0.6) is 5.75 Å². The normalized spacial score (nSPS) is 16.4. The predicted octanol–water partition coefficient (Wildman–Crippen LogP) is 5.18. The first-order valence-electron chi connectivity index (χ1n) is 22.1. The number of hydrogen-bond acceptors (Lipinski definition) is 14. The van der Waals surface area contributed by atoms with Gasteiger partial charge in [0.05, 0.1) is 72.1 Å². The van der Waals surface area contributed by atoms with Gasteiger partial charge in [-0.25, -0.2) is 9.78 Å². The molecule has 17 heteroatoms. The second-order valence-corrected chi connectivity index (χ2v) is 16.4.